The standard InChI is InChI=1S/C34H20N2O2S.C22H15BN2O2.C12H7BrO2S.B.FH.6H2/c37-39(38)31-10-4-3-9-28(31)29-20-23(14-18-32(29)39)24-15-16-27(26-8-2-1-7-25(24)26)30-17-13-22-12-11-21-6-5-19-35-33(21)34(22)36-30;26-23(27)19-11-10-18(16-5-1-2-6-17(16)19)20-12-9-15-8-7-14-4-3-13-24-21(14)22(15)25-20;13-8-5-6-12-10(7-8)9-3-1-2-4-11(9)16(12,14)15;;;;;;;;/h1-20H;1-13,26-27H;1-7H;;7*1H/i3D;;1D;;;5*1+1D;1+1. The van der Waals surface area contributed by atoms with E-state index in [-0.39, 0.29) is 25.5 Å². The molecule has 3 radical (unpaired) electrons. The average Bonchev–Trinajstić information content (AvgIpc) is 1.65. The molecule has 10 aromatic carbocycles. The van der Waals surface area contributed by atoms with Gasteiger partial charge in [-0.2, -0.15) is 0 Å². The Labute approximate surface area is 512 Å². The van der Waals surface area contributed by atoms with E-state index in [0.717, 1.165) is 103 Å². The van der Waals surface area contributed by atoms with Crippen LogP contribution in [-0.2, 0) is 19.7 Å². The summed E-state index contributed by atoms with van der Waals surface area (Å²) < 4.78 is 117. The second-order valence-corrected chi connectivity index (χ2v) is 24.5. The highest BCUT2D eigenvalue weighted by molar-refractivity contribution is 9.10. The number of halogens is 2. The number of nitrogens with zero attached hydrogens (tertiary/aromatic N) is 4. The minimum Gasteiger partial charge on any atom is -0.423 e. The van der Waals surface area contributed by atoms with Crippen molar-refractivity contribution in [2.75, 3.05) is 0 Å². The lowest BCUT2D eigenvalue weighted by atomic mass is 9.76. The van der Waals surface area contributed by atoms with Crippen LogP contribution in [0.1, 0.15) is 19.0 Å². The summed E-state index contributed by atoms with van der Waals surface area (Å²) in [5, 5.41) is 27.4. The van der Waals surface area contributed by atoms with Crippen molar-refractivity contribution in [3.63, 3.8) is 0 Å². The average molecular weight is 1220 g/mol. The van der Waals surface area contributed by atoms with Crippen LogP contribution in [0.5, 0.6) is 0 Å². The normalized spacial score (nSPS) is 13.7. The van der Waals surface area contributed by atoms with E-state index in [1.807, 2.05) is 91.0 Å². The van der Waals surface area contributed by atoms with Crippen LogP contribution in [0.15, 0.2) is 267 Å². The molecule has 0 spiro atoms. The van der Waals surface area contributed by atoms with Crippen LogP contribution >= 0.6 is 15.9 Å². The highest BCUT2D eigenvalue weighted by atomic mass is 79.9. The molecule has 0 bridgehead atoms. The second-order valence-electron chi connectivity index (χ2n) is 19.8. The molecule has 0 saturated carbocycles. The number of fused-ring (bicyclic) bond motifs is 14. The van der Waals surface area contributed by atoms with E-state index >= 15 is 0 Å². The van der Waals surface area contributed by atoms with E-state index in [4.69, 9.17) is 27.6 Å². The van der Waals surface area contributed by atoms with Gasteiger partial charge in [0, 0.05) is 96.5 Å². The van der Waals surface area contributed by atoms with E-state index in [0.29, 0.717) is 48.4 Å². The minimum atomic E-state index is -3.60. The van der Waals surface area contributed by atoms with Crippen LogP contribution in [0.4, 0.5) is 4.70 Å². The van der Waals surface area contributed by atoms with E-state index in [2.05, 4.69) is 86.6 Å². The van der Waals surface area contributed by atoms with Crippen molar-refractivity contribution in [1.82, 2.24) is 19.9 Å². The molecule has 16 rings (SSSR count). The number of hydrogen-bond acceptors (Lipinski definition) is 10. The summed E-state index contributed by atoms with van der Waals surface area (Å²) in [5.41, 5.74) is 12.1. The van der Waals surface area contributed by atoms with Gasteiger partial charge >= 0.3 is 7.12 Å². The molecule has 10 nitrogen and oxygen atoms in total. The maximum atomic E-state index is 13.2. The molecule has 6 heterocycles. The Bertz CT molecular complexity index is 5360. The molecule has 2 aliphatic heterocycles. The molecule has 0 amide bonds. The zero-order chi connectivity index (χ0) is 67.6. The Kier molecular flexibility index (Phi) is 12.3. The van der Waals surface area contributed by atoms with Crippen molar-refractivity contribution in [1.29, 1.82) is 0 Å². The van der Waals surface area contributed by atoms with Crippen LogP contribution < -0.4 is 5.46 Å². The number of aromatic nitrogens is 4. The molecule has 0 unspecified atom stereocenters. The van der Waals surface area contributed by atoms with Gasteiger partial charge in [-0.1, -0.05) is 180 Å². The molecular formula is C68H55B2BrFN4O6S2. The third-order valence-corrected chi connectivity index (χ3v) is 19.4. The summed E-state index contributed by atoms with van der Waals surface area (Å²) in [7, 11) is -8.51. The third-order valence-electron chi connectivity index (χ3n) is 15.2. The summed E-state index contributed by atoms with van der Waals surface area (Å²) in [6, 6.07) is 68.6. The highest BCUT2D eigenvalue weighted by Gasteiger charge is 2.34. The first-order chi connectivity index (χ1) is 45.7. The van der Waals surface area contributed by atoms with Gasteiger partial charge in [-0.3, -0.25) is 14.7 Å². The Morgan fingerprint density at radius 2 is 0.845 bits per heavy atom. The zero-order valence-electron chi connectivity index (χ0n) is 56.0. The maximum Gasteiger partial charge on any atom is 0.489 e. The smallest absolute Gasteiger partial charge is 0.423 e. The molecule has 2 N–H and O–H groups in total. The van der Waals surface area contributed by atoms with Gasteiger partial charge in [0.1, 0.15) is 0 Å². The van der Waals surface area contributed by atoms with E-state index in [1.165, 1.54) is 24.3 Å². The number of sulfone groups is 2. The molecule has 0 fully saturated rings. The molecule has 0 saturated heterocycles. The van der Waals surface area contributed by atoms with Gasteiger partial charge in [0.05, 0.1) is 55.8 Å². The van der Waals surface area contributed by atoms with Crippen molar-refractivity contribution in [3.8, 4) is 55.9 Å². The summed E-state index contributed by atoms with van der Waals surface area (Å²) >= 11 is 3.33. The molecule has 84 heavy (non-hydrogen) atoms. The van der Waals surface area contributed by atoms with Gasteiger partial charge in [0.2, 0.25) is 19.7 Å². The summed E-state index contributed by atoms with van der Waals surface area (Å²) in [6.45, 7) is 0. The number of benzene rings is 10. The first kappa shape index (κ1) is 47.2. The lowest BCUT2D eigenvalue weighted by Gasteiger charge is -2.13. The van der Waals surface area contributed by atoms with Crippen molar-refractivity contribution in [2.45, 2.75) is 19.6 Å². The lowest BCUT2D eigenvalue weighted by Crippen LogP contribution is -2.30. The predicted octanol–water partition coefficient (Wildman–Crippen LogP) is 15.9. The van der Waals surface area contributed by atoms with Crippen LogP contribution in [0, 0.1) is 0 Å². The van der Waals surface area contributed by atoms with Crippen LogP contribution in [-0.4, -0.2) is 62.4 Å². The zero-order valence-corrected chi connectivity index (χ0v) is 47.2. The van der Waals surface area contributed by atoms with Crippen molar-refractivity contribution in [3.05, 3.63) is 247 Å². The Morgan fingerprint density at radius 3 is 1.38 bits per heavy atom. The van der Waals surface area contributed by atoms with Gasteiger partial charge < -0.3 is 10.0 Å². The Morgan fingerprint density at radius 1 is 0.417 bits per heavy atom. The molecule has 16 heteroatoms. The molecule has 0 aliphatic carbocycles. The quantitative estimate of drug-likeness (QED) is 0.128. The SMILES string of the molecule is F.OB(O)c1ccc(-c2ccc3ccc4cccnc4c3n2)c2ccccc12.[2HH].[2H][2H].[2H][2H].[2H][2H].[2H][2H].[2H][2H].[2H]c1ccc2c(c1)-c1cc(-c3ccc(-c4ccc5ccc6cccnc6c5n4)c4ccccc34)ccc1S2(=O)=O.[2H]c1ccc2c(c1)-c1cc(Br)ccc1S2(=O)=O.[B]. The number of rotatable bonds is 4. The largest absolute Gasteiger partial charge is 0.489 e. The summed E-state index contributed by atoms with van der Waals surface area (Å²) in [6.07, 6.45) is 3.58. The van der Waals surface area contributed by atoms with Gasteiger partial charge in [0.25, 0.3) is 0 Å². The predicted molar refractivity (Wildman–Crippen MR) is 352 cm³/mol. The van der Waals surface area contributed by atoms with Gasteiger partial charge in [-0.15, -0.1) is 0 Å². The Balaban J connectivity index is 0.000000227. The molecule has 14 aromatic rings. The van der Waals surface area contributed by atoms with Gasteiger partial charge in [0.15, 0.2) is 0 Å². The van der Waals surface area contributed by atoms with Gasteiger partial charge in [-0.25, -0.2) is 26.8 Å². The molecule has 415 valence electrons. The fourth-order valence-electron chi connectivity index (χ4n) is 11.3. The van der Waals surface area contributed by atoms with Crippen molar-refractivity contribution in [2.24, 2.45) is 0 Å². The number of pyridine rings is 4. The van der Waals surface area contributed by atoms with E-state index in [1.54, 1.807) is 54.9 Å². The van der Waals surface area contributed by atoms with Crippen LogP contribution in [0.3, 0.4) is 0 Å². The molecule has 0 atom stereocenters. The summed E-state index contributed by atoms with van der Waals surface area (Å²) in [4.78, 5) is 20.3. The molecule has 4 aromatic heterocycles. The van der Waals surface area contributed by atoms with E-state index in [9.17, 15) is 26.9 Å². The van der Waals surface area contributed by atoms with Crippen molar-refractivity contribution >= 4 is 122 Å². The first-order valence-electron chi connectivity index (χ1n) is 32.1. The molecular weight excluding hydrogens is 1150 g/mol. The Hall–Kier alpha value is -9.28. The first-order valence-corrected chi connectivity index (χ1v) is 29.8. The van der Waals surface area contributed by atoms with Crippen molar-refractivity contribution < 1.29 is 50.6 Å². The fourth-order valence-corrected chi connectivity index (χ4v) is 15.0. The minimum absolute atomic E-state index is 0. The monoisotopic (exact) mass is 1220 g/mol. The van der Waals surface area contributed by atoms with Gasteiger partial charge in [-0.05, 0) is 105 Å². The van der Waals surface area contributed by atoms with E-state index < -0.39 is 26.8 Å². The maximum absolute atomic E-state index is 13.2. The molecule has 2 aliphatic rings. The van der Waals surface area contributed by atoms with Crippen LogP contribution in [0.2, 0.25) is 0 Å². The topological polar surface area (TPSA) is 160 Å². The lowest BCUT2D eigenvalue weighted by molar-refractivity contribution is 0.426. The third kappa shape index (κ3) is 9.28. The van der Waals surface area contributed by atoms with Crippen LogP contribution in [0.25, 0.3) is 121 Å². The highest BCUT2D eigenvalue weighted by Crippen LogP contribution is 2.47. The fraction of sp³-hybridized carbons (Fsp3) is 0. The summed E-state index contributed by atoms with van der Waals surface area (Å²) in [5.74, 6) is 0. The number of hydrogen-bond donors (Lipinski definition) is 2. The second kappa shape index (κ2) is 21.8.